The first-order valence-electron chi connectivity index (χ1n) is 9.09. The molecule has 7 nitrogen and oxygen atoms in total. The summed E-state index contributed by atoms with van der Waals surface area (Å²) in [6, 6.07) is 4.08. The molecule has 3 rings (SSSR count). The number of amides is 1. The van der Waals surface area contributed by atoms with Gasteiger partial charge in [-0.2, -0.15) is 5.10 Å². The van der Waals surface area contributed by atoms with E-state index in [1.54, 1.807) is 6.07 Å². The molecule has 1 aliphatic carbocycles. The Bertz CT molecular complexity index is 913. The van der Waals surface area contributed by atoms with Crippen molar-refractivity contribution in [3.63, 3.8) is 0 Å². The SMILES string of the molecule is COc1ccc(C(NC(=O)c2cc(C3CC3)n(C(C)(C)C)n2)C(=O)O)cc1F. The number of halogens is 1. The Balaban J connectivity index is 1.87. The highest BCUT2D eigenvalue weighted by molar-refractivity contribution is 5.95. The van der Waals surface area contributed by atoms with Gasteiger partial charge in [0.15, 0.2) is 23.3 Å². The molecule has 28 heavy (non-hydrogen) atoms. The number of aromatic nitrogens is 2. The van der Waals surface area contributed by atoms with Gasteiger partial charge in [0.1, 0.15) is 0 Å². The summed E-state index contributed by atoms with van der Waals surface area (Å²) in [4.78, 5) is 24.4. The fourth-order valence-electron chi connectivity index (χ4n) is 3.07. The topological polar surface area (TPSA) is 93.5 Å². The number of ether oxygens (including phenoxy) is 1. The molecule has 1 aromatic heterocycles. The lowest BCUT2D eigenvalue weighted by molar-refractivity contribution is -0.139. The van der Waals surface area contributed by atoms with Gasteiger partial charge < -0.3 is 15.2 Å². The van der Waals surface area contributed by atoms with Gasteiger partial charge in [-0.05, 0) is 57.4 Å². The van der Waals surface area contributed by atoms with Crippen LogP contribution in [0.25, 0.3) is 0 Å². The van der Waals surface area contributed by atoms with Crippen LogP contribution < -0.4 is 10.1 Å². The number of hydrogen-bond acceptors (Lipinski definition) is 4. The summed E-state index contributed by atoms with van der Waals surface area (Å²) in [6.07, 6.45) is 2.09. The molecule has 1 amide bonds. The summed E-state index contributed by atoms with van der Waals surface area (Å²) in [7, 11) is 1.32. The van der Waals surface area contributed by atoms with Gasteiger partial charge in [0.25, 0.3) is 5.91 Å². The van der Waals surface area contributed by atoms with E-state index in [9.17, 15) is 19.1 Å². The van der Waals surface area contributed by atoms with Gasteiger partial charge in [-0.25, -0.2) is 9.18 Å². The van der Waals surface area contributed by atoms with Gasteiger partial charge in [-0.1, -0.05) is 6.07 Å². The van der Waals surface area contributed by atoms with Crippen molar-refractivity contribution in [1.82, 2.24) is 15.1 Å². The maximum absolute atomic E-state index is 14.0. The van der Waals surface area contributed by atoms with Gasteiger partial charge in [-0.15, -0.1) is 0 Å². The second kappa shape index (κ2) is 7.26. The smallest absolute Gasteiger partial charge is 0.330 e. The van der Waals surface area contributed by atoms with Crippen LogP contribution in [0.3, 0.4) is 0 Å². The fourth-order valence-corrected chi connectivity index (χ4v) is 3.07. The maximum atomic E-state index is 14.0. The molecular formula is C20H24FN3O4. The molecule has 1 unspecified atom stereocenters. The lowest BCUT2D eigenvalue weighted by atomic mass is 10.1. The molecule has 0 bridgehead atoms. The Hall–Kier alpha value is -2.90. The Morgan fingerprint density at radius 2 is 2.00 bits per heavy atom. The molecule has 1 fully saturated rings. The third kappa shape index (κ3) is 4.00. The lowest BCUT2D eigenvalue weighted by Crippen LogP contribution is -2.34. The van der Waals surface area contributed by atoms with Crippen molar-refractivity contribution in [3.8, 4) is 5.75 Å². The number of carbonyl (C=O) groups is 2. The van der Waals surface area contributed by atoms with E-state index in [1.165, 1.54) is 19.2 Å². The second-order valence-corrected chi connectivity index (χ2v) is 7.95. The Morgan fingerprint density at radius 3 is 2.50 bits per heavy atom. The van der Waals surface area contributed by atoms with Crippen LogP contribution in [0.1, 0.15) is 67.3 Å². The molecule has 8 heteroatoms. The van der Waals surface area contributed by atoms with Crippen molar-refractivity contribution < 1.29 is 23.8 Å². The number of hydrogen-bond donors (Lipinski definition) is 2. The summed E-state index contributed by atoms with van der Waals surface area (Å²) in [5.41, 5.74) is 0.927. The highest BCUT2D eigenvalue weighted by Crippen LogP contribution is 2.41. The molecule has 0 radical (unpaired) electrons. The normalized spacial score (nSPS) is 15.2. The summed E-state index contributed by atoms with van der Waals surface area (Å²) in [5, 5.41) is 16.4. The van der Waals surface area contributed by atoms with Gasteiger partial charge in [0.05, 0.1) is 12.6 Å². The molecule has 150 valence electrons. The fraction of sp³-hybridized carbons (Fsp3) is 0.450. The average Bonchev–Trinajstić information content (AvgIpc) is 3.35. The van der Waals surface area contributed by atoms with Crippen LogP contribution in [0.2, 0.25) is 0 Å². The summed E-state index contributed by atoms with van der Waals surface area (Å²) < 4.78 is 20.6. The van der Waals surface area contributed by atoms with E-state index in [0.29, 0.717) is 5.92 Å². The summed E-state index contributed by atoms with van der Waals surface area (Å²) in [5.74, 6) is -2.24. The molecule has 0 spiro atoms. The number of carboxylic acid groups (broad SMARTS) is 1. The largest absolute Gasteiger partial charge is 0.494 e. The quantitative estimate of drug-likeness (QED) is 0.791. The van der Waals surface area contributed by atoms with E-state index in [0.717, 1.165) is 24.6 Å². The van der Waals surface area contributed by atoms with Crippen LogP contribution in [0.4, 0.5) is 4.39 Å². The van der Waals surface area contributed by atoms with Gasteiger partial charge in [-0.3, -0.25) is 9.48 Å². The minimum Gasteiger partial charge on any atom is -0.494 e. The Labute approximate surface area is 162 Å². The van der Waals surface area contributed by atoms with Gasteiger partial charge in [0.2, 0.25) is 0 Å². The molecule has 0 saturated heterocycles. The predicted octanol–water partition coefficient (Wildman–Crippen LogP) is 3.22. The van der Waals surface area contributed by atoms with E-state index >= 15 is 0 Å². The van der Waals surface area contributed by atoms with Crippen LogP contribution in [-0.4, -0.2) is 33.9 Å². The third-order valence-corrected chi connectivity index (χ3v) is 4.63. The van der Waals surface area contributed by atoms with E-state index in [2.05, 4.69) is 10.4 Å². The molecule has 2 aromatic rings. The monoisotopic (exact) mass is 389 g/mol. The number of benzene rings is 1. The van der Waals surface area contributed by atoms with Crippen molar-refractivity contribution in [2.45, 2.75) is 51.1 Å². The Kier molecular flexibility index (Phi) is 5.14. The van der Waals surface area contributed by atoms with Crippen molar-refractivity contribution >= 4 is 11.9 Å². The van der Waals surface area contributed by atoms with Crippen molar-refractivity contribution in [2.75, 3.05) is 7.11 Å². The number of nitrogens with zero attached hydrogens (tertiary/aromatic N) is 2. The molecule has 1 aromatic carbocycles. The van der Waals surface area contributed by atoms with E-state index in [4.69, 9.17) is 4.74 Å². The predicted molar refractivity (Wildman–Crippen MR) is 100.0 cm³/mol. The minimum absolute atomic E-state index is 0.00258. The van der Waals surface area contributed by atoms with E-state index < -0.39 is 23.7 Å². The zero-order valence-electron chi connectivity index (χ0n) is 16.3. The average molecular weight is 389 g/mol. The second-order valence-electron chi connectivity index (χ2n) is 7.95. The molecule has 0 aliphatic heterocycles. The third-order valence-electron chi connectivity index (χ3n) is 4.63. The van der Waals surface area contributed by atoms with Crippen LogP contribution in [0.5, 0.6) is 5.75 Å². The Morgan fingerprint density at radius 1 is 1.32 bits per heavy atom. The minimum atomic E-state index is -1.41. The van der Waals surface area contributed by atoms with E-state index in [-0.39, 0.29) is 22.5 Å². The molecule has 1 saturated carbocycles. The van der Waals surface area contributed by atoms with Crippen LogP contribution in [-0.2, 0) is 10.3 Å². The zero-order valence-corrected chi connectivity index (χ0v) is 16.3. The molecule has 1 atom stereocenters. The number of rotatable bonds is 6. The number of carboxylic acids is 1. The van der Waals surface area contributed by atoms with Crippen LogP contribution >= 0.6 is 0 Å². The number of carbonyl (C=O) groups excluding carboxylic acids is 1. The first-order valence-corrected chi connectivity index (χ1v) is 9.09. The number of nitrogens with one attached hydrogen (secondary N) is 1. The lowest BCUT2D eigenvalue weighted by Gasteiger charge is -2.22. The molecule has 2 N–H and O–H groups in total. The van der Waals surface area contributed by atoms with Crippen molar-refractivity contribution in [1.29, 1.82) is 0 Å². The van der Waals surface area contributed by atoms with Crippen molar-refractivity contribution in [3.05, 3.63) is 47.0 Å². The maximum Gasteiger partial charge on any atom is 0.330 e. The standard InChI is InChI=1S/C20H24FN3O4/c1-20(2,3)24-15(11-5-6-11)10-14(23-24)18(25)22-17(19(26)27)12-7-8-16(28-4)13(21)9-12/h7-11,17H,5-6H2,1-4H3,(H,22,25)(H,26,27). The first-order chi connectivity index (χ1) is 13.1. The highest BCUT2D eigenvalue weighted by Gasteiger charge is 2.33. The highest BCUT2D eigenvalue weighted by atomic mass is 19.1. The first kappa shape index (κ1) is 19.9. The molecule has 1 heterocycles. The molecule has 1 aliphatic rings. The van der Waals surface area contributed by atoms with Crippen LogP contribution in [0, 0.1) is 5.82 Å². The number of aliphatic carboxylic acids is 1. The van der Waals surface area contributed by atoms with Gasteiger partial charge in [0, 0.05) is 11.6 Å². The molecular weight excluding hydrogens is 365 g/mol. The summed E-state index contributed by atoms with van der Waals surface area (Å²) in [6.45, 7) is 5.98. The van der Waals surface area contributed by atoms with Gasteiger partial charge >= 0.3 is 5.97 Å². The van der Waals surface area contributed by atoms with Crippen LogP contribution in [0.15, 0.2) is 24.3 Å². The van der Waals surface area contributed by atoms with Crippen molar-refractivity contribution in [2.24, 2.45) is 0 Å². The zero-order chi connectivity index (χ0) is 20.6. The van der Waals surface area contributed by atoms with E-state index in [1.807, 2.05) is 25.5 Å². The number of methoxy groups -OCH3 is 1. The summed E-state index contributed by atoms with van der Waals surface area (Å²) >= 11 is 0.